The van der Waals surface area contributed by atoms with Crippen molar-refractivity contribution in [3.63, 3.8) is 0 Å². The Morgan fingerprint density at radius 2 is 1.78 bits per heavy atom. The number of benzene rings is 1. The van der Waals surface area contributed by atoms with Gasteiger partial charge >= 0.3 is 0 Å². The largest absolute Gasteiger partial charge is 0.385 e. The predicted octanol–water partition coefficient (Wildman–Crippen LogP) is 3.39. The predicted molar refractivity (Wildman–Crippen MR) is 79.1 cm³/mol. The van der Waals surface area contributed by atoms with Gasteiger partial charge in [0.15, 0.2) is 0 Å². The van der Waals surface area contributed by atoms with Gasteiger partial charge in [0.2, 0.25) is 0 Å². The Bertz CT molecular complexity index is 337. The molecule has 1 fully saturated rings. The van der Waals surface area contributed by atoms with E-state index in [1.165, 1.54) is 30.6 Å². The zero-order valence-electron chi connectivity index (χ0n) is 11.8. The Hall–Kier alpha value is -1.02. The standard InChI is InChI=1S/C16H26N2/c1-3-18(4-2)12-11-14-7-9-16(10-8-14)17-13-15-5-6-15/h7-10,15,17H,3-6,11-13H2,1-2H3. The molecule has 0 heterocycles. The Labute approximate surface area is 111 Å². The third-order valence-corrected chi connectivity index (χ3v) is 3.86. The number of nitrogens with one attached hydrogen (secondary N) is 1. The van der Waals surface area contributed by atoms with Crippen molar-refractivity contribution in [2.75, 3.05) is 31.5 Å². The van der Waals surface area contributed by atoms with E-state index in [-0.39, 0.29) is 0 Å². The average molecular weight is 246 g/mol. The van der Waals surface area contributed by atoms with E-state index in [4.69, 9.17) is 0 Å². The van der Waals surface area contributed by atoms with Gasteiger partial charge in [-0.2, -0.15) is 0 Å². The lowest BCUT2D eigenvalue weighted by Gasteiger charge is -2.17. The van der Waals surface area contributed by atoms with Crippen LogP contribution in [0.25, 0.3) is 0 Å². The molecular formula is C16H26N2. The molecule has 0 radical (unpaired) electrons. The van der Waals surface area contributed by atoms with E-state index in [2.05, 4.69) is 48.3 Å². The third-order valence-electron chi connectivity index (χ3n) is 3.86. The third kappa shape index (κ3) is 4.34. The maximum absolute atomic E-state index is 3.51. The molecule has 0 aromatic heterocycles. The minimum atomic E-state index is 0.937. The van der Waals surface area contributed by atoms with Crippen molar-refractivity contribution in [3.8, 4) is 0 Å². The van der Waals surface area contributed by atoms with Crippen LogP contribution in [0.4, 0.5) is 5.69 Å². The summed E-state index contributed by atoms with van der Waals surface area (Å²) in [4.78, 5) is 2.47. The fraction of sp³-hybridized carbons (Fsp3) is 0.625. The zero-order chi connectivity index (χ0) is 12.8. The van der Waals surface area contributed by atoms with Gasteiger partial charge in [0.05, 0.1) is 0 Å². The van der Waals surface area contributed by atoms with E-state index in [0.717, 1.165) is 32.0 Å². The van der Waals surface area contributed by atoms with Gasteiger partial charge in [-0.1, -0.05) is 26.0 Å². The second-order valence-corrected chi connectivity index (χ2v) is 5.30. The molecule has 1 N–H and O–H groups in total. The molecule has 0 amide bonds. The molecule has 18 heavy (non-hydrogen) atoms. The molecule has 1 saturated carbocycles. The Morgan fingerprint density at radius 3 is 2.33 bits per heavy atom. The molecule has 0 aliphatic heterocycles. The first-order valence-corrected chi connectivity index (χ1v) is 7.37. The Balaban J connectivity index is 1.75. The van der Waals surface area contributed by atoms with Gasteiger partial charge in [0, 0.05) is 18.8 Å². The van der Waals surface area contributed by atoms with Gasteiger partial charge in [-0.15, -0.1) is 0 Å². The van der Waals surface area contributed by atoms with Crippen LogP contribution < -0.4 is 5.32 Å². The lowest BCUT2D eigenvalue weighted by atomic mass is 10.1. The first-order valence-electron chi connectivity index (χ1n) is 7.37. The SMILES string of the molecule is CCN(CC)CCc1ccc(NCC2CC2)cc1. The number of likely N-dealkylation sites (N-methyl/N-ethyl adjacent to an activating group) is 1. The van der Waals surface area contributed by atoms with Crippen LogP contribution in [0.1, 0.15) is 32.3 Å². The van der Waals surface area contributed by atoms with Gasteiger partial charge < -0.3 is 10.2 Å². The first kappa shape index (κ1) is 13.4. The van der Waals surface area contributed by atoms with Crippen molar-refractivity contribution >= 4 is 5.69 Å². The number of nitrogens with zero attached hydrogens (tertiary/aromatic N) is 1. The minimum Gasteiger partial charge on any atom is -0.385 e. The minimum absolute atomic E-state index is 0.937. The molecule has 1 aromatic rings. The van der Waals surface area contributed by atoms with E-state index < -0.39 is 0 Å². The van der Waals surface area contributed by atoms with Crippen LogP contribution in [0.5, 0.6) is 0 Å². The summed E-state index contributed by atoms with van der Waals surface area (Å²) in [5, 5.41) is 3.51. The summed E-state index contributed by atoms with van der Waals surface area (Å²) in [6.07, 6.45) is 3.98. The molecular weight excluding hydrogens is 220 g/mol. The smallest absolute Gasteiger partial charge is 0.0340 e. The summed E-state index contributed by atoms with van der Waals surface area (Å²) in [6, 6.07) is 8.97. The highest BCUT2D eigenvalue weighted by Crippen LogP contribution is 2.28. The molecule has 2 rings (SSSR count). The average Bonchev–Trinajstić information content (AvgIpc) is 3.23. The first-order chi connectivity index (χ1) is 8.81. The molecule has 0 spiro atoms. The highest BCUT2D eigenvalue weighted by atomic mass is 15.1. The summed E-state index contributed by atoms with van der Waals surface area (Å²) < 4.78 is 0. The second-order valence-electron chi connectivity index (χ2n) is 5.30. The quantitative estimate of drug-likeness (QED) is 0.756. The summed E-state index contributed by atoms with van der Waals surface area (Å²) >= 11 is 0. The van der Waals surface area contributed by atoms with E-state index in [1.54, 1.807) is 0 Å². The molecule has 2 heteroatoms. The molecule has 0 atom stereocenters. The van der Waals surface area contributed by atoms with Crippen LogP contribution in [0.2, 0.25) is 0 Å². The van der Waals surface area contributed by atoms with Gasteiger partial charge in [0.1, 0.15) is 0 Å². The Kier molecular flexibility index (Phi) is 5.06. The fourth-order valence-electron chi connectivity index (χ4n) is 2.20. The van der Waals surface area contributed by atoms with Crippen molar-refractivity contribution in [1.29, 1.82) is 0 Å². The molecule has 0 saturated heterocycles. The van der Waals surface area contributed by atoms with Crippen LogP contribution in [0.15, 0.2) is 24.3 Å². The maximum atomic E-state index is 3.51. The highest BCUT2D eigenvalue weighted by molar-refractivity contribution is 5.44. The fourth-order valence-corrected chi connectivity index (χ4v) is 2.20. The summed E-state index contributed by atoms with van der Waals surface area (Å²) in [6.45, 7) is 9.08. The maximum Gasteiger partial charge on any atom is 0.0340 e. The Morgan fingerprint density at radius 1 is 1.11 bits per heavy atom. The molecule has 1 aliphatic rings. The van der Waals surface area contributed by atoms with Crippen LogP contribution in [-0.4, -0.2) is 31.1 Å². The summed E-state index contributed by atoms with van der Waals surface area (Å²) in [7, 11) is 0. The van der Waals surface area contributed by atoms with Gasteiger partial charge in [0.25, 0.3) is 0 Å². The molecule has 1 aliphatic carbocycles. The van der Waals surface area contributed by atoms with E-state index in [1.807, 2.05) is 0 Å². The van der Waals surface area contributed by atoms with Crippen molar-refractivity contribution in [2.45, 2.75) is 33.1 Å². The van der Waals surface area contributed by atoms with Gasteiger partial charge in [-0.3, -0.25) is 0 Å². The van der Waals surface area contributed by atoms with Crippen LogP contribution in [0.3, 0.4) is 0 Å². The molecule has 0 bridgehead atoms. The monoisotopic (exact) mass is 246 g/mol. The topological polar surface area (TPSA) is 15.3 Å². The molecule has 0 unspecified atom stereocenters. The van der Waals surface area contributed by atoms with E-state index >= 15 is 0 Å². The lowest BCUT2D eigenvalue weighted by Crippen LogP contribution is -2.25. The van der Waals surface area contributed by atoms with Crippen molar-refractivity contribution in [1.82, 2.24) is 4.90 Å². The normalized spacial score (nSPS) is 15.1. The van der Waals surface area contributed by atoms with Crippen molar-refractivity contribution < 1.29 is 0 Å². The van der Waals surface area contributed by atoms with Gasteiger partial charge in [-0.25, -0.2) is 0 Å². The van der Waals surface area contributed by atoms with E-state index in [9.17, 15) is 0 Å². The summed E-state index contributed by atoms with van der Waals surface area (Å²) in [5.41, 5.74) is 2.72. The lowest BCUT2D eigenvalue weighted by molar-refractivity contribution is 0.308. The highest BCUT2D eigenvalue weighted by Gasteiger charge is 2.20. The molecule has 1 aromatic carbocycles. The summed E-state index contributed by atoms with van der Waals surface area (Å²) in [5.74, 6) is 0.937. The number of hydrogen-bond acceptors (Lipinski definition) is 2. The van der Waals surface area contributed by atoms with Gasteiger partial charge in [-0.05, 0) is 56.0 Å². The van der Waals surface area contributed by atoms with Crippen LogP contribution in [0, 0.1) is 5.92 Å². The zero-order valence-corrected chi connectivity index (χ0v) is 11.8. The second kappa shape index (κ2) is 6.79. The van der Waals surface area contributed by atoms with Crippen LogP contribution >= 0.6 is 0 Å². The van der Waals surface area contributed by atoms with Crippen LogP contribution in [-0.2, 0) is 6.42 Å². The van der Waals surface area contributed by atoms with Crippen molar-refractivity contribution in [3.05, 3.63) is 29.8 Å². The number of anilines is 1. The molecule has 100 valence electrons. The van der Waals surface area contributed by atoms with E-state index in [0.29, 0.717) is 0 Å². The van der Waals surface area contributed by atoms with Crippen molar-refractivity contribution in [2.24, 2.45) is 5.92 Å². The number of hydrogen-bond donors (Lipinski definition) is 1. The molecule has 2 nitrogen and oxygen atoms in total. The number of rotatable bonds is 8.